The molecule has 24 heavy (non-hydrogen) atoms. The van der Waals surface area contributed by atoms with E-state index < -0.39 is 16.8 Å². The highest BCUT2D eigenvalue weighted by molar-refractivity contribution is 7.22. The molecule has 0 radical (unpaired) electrons. The minimum absolute atomic E-state index is 0.167. The molecule has 0 aliphatic carbocycles. The Morgan fingerprint density at radius 1 is 1.33 bits per heavy atom. The van der Waals surface area contributed by atoms with E-state index in [9.17, 15) is 14.9 Å². The molecule has 0 unspecified atom stereocenters. The number of esters is 1. The zero-order valence-corrected chi connectivity index (χ0v) is 13.1. The van der Waals surface area contributed by atoms with Gasteiger partial charge < -0.3 is 14.1 Å². The van der Waals surface area contributed by atoms with Gasteiger partial charge in [-0.2, -0.15) is 0 Å². The van der Waals surface area contributed by atoms with Crippen molar-refractivity contribution in [2.24, 2.45) is 0 Å². The zero-order chi connectivity index (χ0) is 16.7. The molecule has 1 fully saturated rings. The van der Waals surface area contributed by atoms with Crippen molar-refractivity contribution in [1.82, 2.24) is 4.98 Å². The fourth-order valence-corrected chi connectivity index (χ4v) is 3.39. The fourth-order valence-electron chi connectivity index (χ4n) is 2.41. The number of benzene rings is 1. The van der Waals surface area contributed by atoms with E-state index in [0.29, 0.717) is 13.1 Å². The summed E-state index contributed by atoms with van der Waals surface area (Å²) in [6.07, 6.45) is -0.284. The van der Waals surface area contributed by atoms with Crippen molar-refractivity contribution < 1.29 is 18.9 Å². The number of carbonyl (C=O) groups is 1. The Morgan fingerprint density at radius 2 is 2.12 bits per heavy atom. The van der Waals surface area contributed by atoms with Crippen LogP contribution in [0.3, 0.4) is 0 Å². The SMILES string of the molecule is O=C(OC1CN(c2nc3ccccc3s2)C1)c1ccc([N+](=O)[O-])o1. The van der Waals surface area contributed by atoms with Gasteiger partial charge in [0.15, 0.2) is 5.13 Å². The normalized spacial score (nSPS) is 14.6. The van der Waals surface area contributed by atoms with Gasteiger partial charge in [0.1, 0.15) is 11.0 Å². The van der Waals surface area contributed by atoms with Crippen molar-refractivity contribution in [2.45, 2.75) is 6.10 Å². The lowest BCUT2D eigenvalue weighted by molar-refractivity contribution is -0.402. The minimum Gasteiger partial charge on any atom is -0.453 e. The Labute approximate surface area is 139 Å². The lowest BCUT2D eigenvalue weighted by Gasteiger charge is -2.37. The minimum atomic E-state index is -0.699. The lowest BCUT2D eigenvalue weighted by Crippen LogP contribution is -2.53. The van der Waals surface area contributed by atoms with Gasteiger partial charge in [-0.1, -0.05) is 23.5 Å². The molecular weight excluding hydrogens is 334 g/mol. The molecule has 1 aliphatic heterocycles. The molecule has 0 saturated carbocycles. The number of hydrogen-bond donors (Lipinski definition) is 0. The van der Waals surface area contributed by atoms with Crippen molar-refractivity contribution in [3.8, 4) is 0 Å². The summed E-state index contributed by atoms with van der Waals surface area (Å²) >= 11 is 1.59. The van der Waals surface area contributed by atoms with Gasteiger partial charge >= 0.3 is 11.9 Å². The summed E-state index contributed by atoms with van der Waals surface area (Å²) in [7, 11) is 0. The first-order valence-corrected chi connectivity index (χ1v) is 7.97. The Morgan fingerprint density at radius 3 is 2.83 bits per heavy atom. The van der Waals surface area contributed by atoms with Crippen molar-refractivity contribution in [3.63, 3.8) is 0 Å². The van der Waals surface area contributed by atoms with Gasteiger partial charge in [0.05, 0.1) is 29.4 Å². The molecule has 0 amide bonds. The highest BCUT2D eigenvalue weighted by atomic mass is 32.1. The molecule has 1 aliphatic rings. The summed E-state index contributed by atoms with van der Waals surface area (Å²) in [5.41, 5.74) is 0.945. The van der Waals surface area contributed by atoms with Crippen molar-refractivity contribution >= 4 is 38.5 Å². The molecule has 4 rings (SSSR count). The standard InChI is InChI=1S/C15H11N3O5S/c19-14(11-5-6-13(23-11)18(20)21)22-9-7-17(8-9)15-16-10-3-1-2-4-12(10)24-15/h1-6,9H,7-8H2. The van der Waals surface area contributed by atoms with Gasteiger partial charge in [0.25, 0.3) is 0 Å². The van der Waals surface area contributed by atoms with Crippen LogP contribution < -0.4 is 4.90 Å². The molecule has 1 saturated heterocycles. The monoisotopic (exact) mass is 345 g/mol. The van der Waals surface area contributed by atoms with Crippen LogP contribution in [0.2, 0.25) is 0 Å². The van der Waals surface area contributed by atoms with Gasteiger partial charge in [-0.15, -0.1) is 0 Å². The average molecular weight is 345 g/mol. The van der Waals surface area contributed by atoms with Crippen LogP contribution >= 0.6 is 11.3 Å². The topological polar surface area (TPSA) is 98.7 Å². The Hall–Kier alpha value is -2.94. The summed E-state index contributed by atoms with van der Waals surface area (Å²) in [6.45, 7) is 1.07. The fraction of sp³-hybridized carbons (Fsp3) is 0.200. The molecule has 0 atom stereocenters. The van der Waals surface area contributed by atoms with Crippen LogP contribution in [0.1, 0.15) is 10.6 Å². The second-order valence-electron chi connectivity index (χ2n) is 5.29. The van der Waals surface area contributed by atoms with E-state index in [0.717, 1.165) is 21.4 Å². The third kappa shape index (κ3) is 2.58. The van der Waals surface area contributed by atoms with E-state index in [1.54, 1.807) is 11.3 Å². The Kier molecular flexibility index (Phi) is 3.42. The van der Waals surface area contributed by atoms with Crippen LogP contribution in [0.5, 0.6) is 0 Å². The molecule has 0 N–H and O–H groups in total. The average Bonchev–Trinajstić information content (AvgIpc) is 3.16. The molecule has 0 spiro atoms. The van der Waals surface area contributed by atoms with Crippen LogP contribution in [0.25, 0.3) is 10.2 Å². The van der Waals surface area contributed by atoms with Gasteiger partial charge in [-0.25, -0.2) is 9.78 Å². The maximum absolute atomic E-state index is 11.9. The predicted octanol–water partition coefficient (Wildman–Crippen LogP) is 2.84. The van der Waals surface area contributed by atoms with Crippen molar-refractivity contribution in [1.29, 1.82) is 0 Å². The largest absolute Gasteiger partial charge is 0.453 e. The highest BCUT2D eigenvalue weighted by Crippen LogP contribution is 2.32. The summed E-state index contributed by atoms with van der Waals surface area (Å²) in [6, 6.07) is 10.2. The third-order valence-electron chi connectivity index (χ3n) is 3.65. The molecule has 8 nitrogen and oxygen atoms in total. The number of ether oxygens (including phenoxy) is 1. The second-order valence-corrected chi connectivity index (χ2v) is 6.30. The number of nitrogens with zero attached hydrogens (tertiary/aromatic N) is 3. The summed E-state index contributed by atoms with van der Waals surface area (Å²) in [5, 5.41) is 11.4. The number of anilines is 1. The molecule has 9 heteroatoms. The van der Waals surface area contributed by atoms with Crippen LogP contribution in [0.4, 0.5) is 11.0 Å². The second kappa shape index (κ2) is 5.60. The van der Waals surface area contributed by atoms with Gasteiger partial charge in [-0.05, 0) is 18.2 Å². The smallest absolute Gasteiger partial charge is 0.433 e. The van der Waals surface area contributed by atoms with Crippen LogP contribution in [-0.4, -0.2) is 35.1 Å². The first-order valence-electron chi connectivity index (χ1n) is 7.16. The number of thiazole rings is 1. The Balaban J connectivity index is 1.37. The molecule has 2 aromatic heterocycles. The zero-order valence-electron chi connectivity index (χ0n) is 12.2. The number of para-hydroxylation sites is 1. The molecule has 122 valence electrons. The number of carbonyl (C=O) groups excluding carboxylic acids is 1. The molecule has 1 aromatic carbocycles. The van der Waals surface area contributed by atoms with Crippen molar-refractivity contribution in [3.05, 3.63) is 52.3 Å². The third-order valence-corrected chi connectivity index (χ3v) is 4.74. The Bertz CT molecular complexity index is 895. The van der Waals surface area contributed by atoms with Crippen LogP contribution in [0, 0.1) is 10.1 Å². The van der Waals surface area contributed by atoms with E-state index >= 15 is 0 Å². The number of hydrogen-bond acceptors (Lipinski definition) is 8. The van der Waals surface area contributed by atoms with E-state index in [-0.39, 0.29) is 11.9 Å². The number of rotatable bonds is 4. The lowest BCUT2D eigenvalue weighted by atomic mass is 10.2. The van der Waals surface area contributed by atoms with Gasteiger partial charge in [0, 0.05) is 0 Å². The molecule has 3 aromatic rings. The first kappa shape index (κ1) is 14.6. The number of nitro groups is 1. The van der Waals surface area contributed by atoms with Crippen molar-refractivity contribution in [2.75, 3.05) is 18.0 Å². The van der Waals surface area contributed by atoms with E-state index in [1.807, 2.05) is 29.2 Å². The van der Waals surface area contributed by atoms with Crippen LogP contribution in [0.15, 0.2) is 40.8 Å². The van der Waals surface area contributed by atoms with E-state index in [4.69, 9.17) is 9.15 Å². The summed E-state index contributed by atoms with van der Waals surface area (Å²) in [4.78, 5) is 28.3. The number of aromatic nitrogens is 1. The predicted molar refractivity (Wildman–Crippen MR) is 86.4 cm³/mol. The highest BCUT2D eigenvalue weighted by Gasteiger charge is 2.33. The van der Waals surface area contributed by atoms with E-state index in [2.05, 4.69) is 4.98 Å². The van der Waals surface area contributed by atoms with E-state index in [1.165, 1.54) is 6.07 Å². The number of fused-ring (bicyclic) bond motifs is 1. The quantitative estimate of drug-likeness (QED) is 0.407. The maximum atomic E-state index is 11.9. The summed E-state index contributed by atoms with van der Waals surface area (Å²) < 4.78 is 11.2. The maximum Gasteiger partial charge on any atom is 0.433 e. The summed E-state index contributed by atoms with van der Waals surface area (Å²) in [5.74, 6) is -1.34. The van der Waals surface area contributed by atoms with Crippen LogP contribution in [-0.2, 0) is 4.74 Å². The molecule has 3 heterocycles. The van der Waals surface area contributed by atoms with Gasteiger partial charge in [0.2, 0.25) is 5.76 Å². The molecular formula is C15H11N3O5S. The van der Waals surface area contributed by atoms with Gasteiger partial charge in [-0.3, -0.25) is 10.1 Å². The first-order chi connectivity index (χ1) is 11.6. The number of furan rings is 1. The molecule has 0 bridgehead atoms.